The predicted molar refractivity (Wildman–Crippen MR) is 81.7 cm³/mol. The van der Waals surface area contributed by atoms with Gasteiger partial charge in [0.1, 0.15) is 0 Å². The van der Waals surface area contributed by atoms with E-state index in [1.54, 1.807) is 0 Å². The van der Waals surface area contributed by atoms with Gasteiger partial charge in [-0.25, -0.2) is 0 Å². The topological polar surface area (TPSA) is 12.9 Å². The van der Waals surface area contributed by atoms with Gasteiger partial charge in [0.25, 0.3) is 0 Å². The molecule has 0 aliphatic heterocycles. The molecule has 92 valence electrons. The average molecular weight is 245 g/mol. The third-order valence-electron chi connectivity index (χ3n) is 3.30. The molecule has 0 amide bonds. The Morgan fingerprint density at radius 3 is 2.47 bits per heavy atom. The Bertz CT molecular complexity index is 722. The Morgan fingerprint density at radius 1 is 0.895 bits per heavy atom. The Balaban J connectivity index is 2.12. The molecular formula is C18H15N. The van der Waals surface area contributed by atoms with E-state index in [2.05, 4.69) is 60.4 Å². The van der Waals surface area contributed by atoms with Crippen LogP contribution in [0.25, 0.3) is 22.4 Å². The van der Waals surface area contributed by atoms with Crippen LogP contribution in [0.2, 0.25) is 0 Å². The lowest BCUT2D eigenvalue weighted by molar-refractivity contribution is 1.32. The first-order valence-electron chi connectivity index (χ1n) is 6.41. The number of hydrogen-bond acceptors (Lipinski definition) is 1. The summed E-state index contributed by atoms with van der Waals surface area (Å²) in [4.78, 5) is 4.05. The van der Waals surface area contributed by atoms with Crippen LogP contribution in [0.15, 0.2) is 67.0 Å². The van der Waals surface area contributed by atoms with Gasteiger partial charge < -0.3 is 0 Å². The Morgan fingerprint density at radius 2 is 1.63 bits per heavy atom. The summed E-state index contributed by atoms with van der Waals surface area (Å²) in [5.41, 5.74) is 3.73. The monoisotopic (exact) mass is 245 g/mol. The SMILES string of the molecule is C/C(=C/c1ccncc1)c1cccc2ccccc12. The zero-order valence-electron chi connectivity index (χ0n) is 10.9. The van der Waals surface area contributed by atoms with E-state index in [1.165, 1.54) is 27.5 Å². The van der Waals surface area contributed by atoms with Crippen LogP contribution in [0.1, 0.15) is 18.1 Å². The quantitative estimate of drug-likeness (QED) is 0.632. The lowest BCUT2D eigenvalue weighted by Gasteiger charge is -2.07. The summed E-state index contributed by atoms with van der Waals surface area (Å²) in [5.74, 6) is 0. The molecule has 0 aliphatic carbocycles. The summed E-state index contributed by atoms with van der Waals surface area (Å²) in [6.45, 7) is 2.15. The van der Waals surface area contributed by atoms with Gasteiger partial charge in [-0.1, -0.05) is 48.5 Å². The van der Waals surface area contributed by atoms with Crippen LogP contribution in [0, 0.1) is 0 Å². The van der Waals surface area contributed by atoms with Gasteiger partial charge in [0, 0.05) is 12.4 Å². The molecule has 0 atom stereocenters. The third kappa shape index (κ3) is 2.41. The van der Waals surface area contributed by atoms with Crippen molar-refractivity contribution in [2.75, 3.05) is 0 Å². The van der Waals surface area contributed by atoms with E-state index in [1.807, 2.05) is 24.5 Å². The lowest BCUT2D eigenvalue weighted by atomic mass is 9.98. The van der Waals surface area contributed by atoms with Crippen LogP contribution >= 0.6 is 0 Å². The van der Waals surface area contributed by atoms with Gasteiger partial charge in [0.05, 0.1) is 0 Å². The molecule has 0 unspecified atom stereocenters. The summed E-state index contributed by atoms with van der Waals surface area (Å²) < 4.78 is 0. The molecule has 1 aromatic heterocycles. The Labute approximate surface area is 113 Å². The molecule has 0 radical (unpaired) electrons. The van der Waals surface area contributed by atoms with Crippen molar-refractivity contribution in [1.29, 1.82) is 0 Å². The van der Waals surface area contributed by atoms with Crippen LogP contribution in [0.4, 0.5) is 0 Å². The normalized spacial score (nSPS) is 11.7. The van der Waals surface area contributed by atoms with Gasteiger partial charge in [-0.2, -0.15) is 0 Å². The number of benzene rings is 2. The van der Waals surface area contributed by atoms with Crippen molar-refractivity contribution >= 4 is 22.4 Å². The number of pyridine rings is 1. The van der Waals surface area contributed by atoms with Crippen LogP contribution in [-0.4, -0.2) is 4.98 Å². The highest BCUT2D eigenvalue weighted by Gasteiger charge is 2.01. The summed E-state index contributed by atoms with van der Waals surface area (Å²) >= 11 is 0. The molecule has 3 aromatic rings. The highest BCUT2D eigenvalue weighted by molar-refractivity contribution is 5.96. The van der Waals surface area contributed by atoms with Gasteiger partial charge >= 0.3 is 0 Å². The van der Waals surface area contributed by atoms with E-state index >= 15 is 0 Å². The largest absolute Gasteiger partial charge is 0.265 e. The van der Waals surface area contributed by atoms with Crippen molar-refractivity contribution in [3.63, 3.8) is 0 Å². The third-order valence-corrected chi connectivity index (χ3v) is 3.30. The zero-order chi connectivity index (χ0) is 13.1. The van der Waals surface area contributed by atoms with Gasteiger partial charge in [0.2, 0.25) is 0 Å². The van der Waals surface area contributed by atoms with Crippen LogP contribution in [0.3, 0.4) is 0 Å². The minimum atomic E-state index is 1.18. The second kappa shape index (κ2) is 5.07. The standard InChI is InChI=1S/C18H15N/c1-14(13-15-9-11-19-12-10-15)17-8-4-6-16-5-2-3-7-18(16)17/h2-13H,1H3/b14-13-. The second-order valence-corrected chi connectivity index (χ2v) is 4.63. The molecule has 2 aromatic carbocycles. The zero-order valence-corrected chi connectivity index (χ0v) is 10.9. The van der Waals surface area contributed by atoms with E-state index < -0.39 is 0 Å². The minimum Gasteiger partial charge on any atom is -0.265 e. The number of fused-ring (bicyclic) bond motifs is 1. The van der Waals surface area contributed by atoms with E-state index in [0.29, 0.717) is 0 Å². The second-order valence-electron chi connectivity index (χ2n) is 4.63. The molecule has 1 nitrogen and oxygen atoms in total. The number of aromatic nitrogens is 1. The predicted octanol–water partition coefficient (Wildman–Crippen LogP) is 4.80. The van der Waals surface area contributed by atoms with Crippen LogP contribution in [0.5, 0.6) is 0 Å². The first-order valence-corrected chi connectivity index (χ1v) is 6.41. The summed E-state index contributed by atoms with van der Waals surface area (Å²) in [6.07, 6.45) is 5.84. The van der Waals surface area contributed by atoms with Crippen molar-refractivity contribution in [2.24, 2.45) is 0 Å². The lowest BCUT2D eigenvalue weighted by Crippen LogP contribution is -1.83. The average Bonchev–Trinajstić information content (AvgIpc) is 2.47. The van der Waals surface area contributed by atoms with Gasteiger partial charge in [-0.05, 0) is 46.5 Å². The number of allylic oxidation sites excluding steroid dienone is 1. The molecular weight excluding hydrogens is 230 g/mol. The fourth-order valence-corrected chi connectivity index (χ4v) is 2.36. The Kier molecular flexibility index (Phi) is 3.11. The fraction of sp³-hybridized carbons (Fsp3) is 0.0556. The smallest absolute Gasteiger partial charge is 0.0273 e. The molecule has 0 saturated heterocycles. The van der Waals surface area contributed by atoms with Gasteiger partial charge in [0.15, 0.2) is 0 Å². The van der Waals surface area contributed by atoms with Crippen molar-refractivity contribution in [2.45, 2.75) is 6.92 Å². The summed E-state index contributed by atoms with van der Waals surface area (Å²) in [6, 6.07) is 19.0. The van der Waals surface area contributed by atoms with E-state index in [4.69, 9.17) is 0 Å². The van der Waals surface area contributed by atoms with Crippen molar-refractivity contribution < 1.29 is 0 Å². The van der Waals surface area contributed by atoms with Crippen molar-refractivity contribution in [1.82, 2.24) is 4.98 Å². The van der Waals surface area contributed by atoms with E-state index in [9.17, 15) is 0 Å². The number of rotatable bonds is 2. The van der Waals surface area contributed by atoms with Crippen LogP contribution < -0.4 is 0 Å². The molecule has 19 heavy (non-hydrogen) atoms. The number of hydrogen-bond donors (Lipinski definition) is 0. The summed E-state index contributed by atoms with van der Waals surface area (Å²) in [7, 11) is 0. The van der Waals surface area contributed by atoms with E-state index in [-0.39, 0.29) is 0 Å². The Hall–Kier alpha value is -2.41. The molecule has 0 fully saturated rings. The molecule has 1 heterocycles. The maximum atomic E-state index is 4.05. The molecule has 1 heteroatoms. The number of nitrogens with zero attached hydrogens (tertiary/aromatic N) is 1. The van der Waals surface area contributed by atoms with Crippen molar-refractivity contribution in [3.8, 4) is 0 Å². The highest BCUT2D eigenvalue weighted by atomic mass is 14.6. The first-order chi connectivity index (χ1) is 9.34. The maximum absolute atomic E-state index is 4.05. The van der Waals surface area contributed by atoms with Gasteiger partial charge in [-0.15, -0.1) is 0 Å². The molecule has 0 bridgehead atoms. The van der Waals surface area contributed by atoms with Crippen molar-refractivity contribution in [3.05, 3.63) is 78.1 Å². The van der Waals surface area contributed by atoms with Gasteiger partial charge in [-0.3, -0.25) is 4.98 Å². The maximum Gasteiger partial charge on any atom is 0.0273 e. The first kappa shape index (κ1) is 11.7. The minimum absolute atomic E-state index is 1.18. The molecule has 0 spiro atoms. The summed E-state index contributed by atoms with van der Waals surface area (Å²) in [5, 5.41) is 2.58. The molecule has 3 rings (SSSR count). The van der Waals surface area contributed by atoms with Crippen LogP contribution in [-0.2, 0) is 0 Å². The molecule has 0 N–H and O–H groups in total. The highest BCUT2D eigenvalue weighted by Crippen LogP contribution is 2.26. The molecule has 0 aliphatic rings. The van der Waals surface area contributed by atoms with E-state index in [0.717, 1.165) is 0 Å². The molecule has 0 saturated carbocycles. The fourth-order valence-electron chi connectivity index (χ4n) is 2.36.